The van der Waals surface area contributed by atoms with E-state index in [-0.39, 0.29) is 12.5 Å². The van der Waals surface area contributed by atoms with Crippen LogP contribution in [0.4, 0.5) is 5.69 Å². The van der Waals surface area contributed by atoms with Gasteiger partial charge in [0.2, 0.25) is 0 Å². The van der Waals surface area contributed by atoms with Crippen molar-refractivity contribution in [2.24, 2.45) is 0 Å². The third-order valence-corrected chi connectivity index (χ3v) is 3.71. The number of para-hydroxylation sites is 1. The number of hydrogen-bond acceptors (Lipinski definition) is 4. The fraction of sp³-hybridized carbons (Fsp3) is 0.250. The van der Waals surface area contributed by atoms with Gasteiger partial charge in [0, 0.05) is 11.3 Å². The van der Waals surface area contributed by atoms with Gasteiger partial charge in [0.05, 0.1) is 0 Å². The molecule has 0 fully saturated rings. The maximum atomic E-state index is 12.0. The van der Waals surface area contributed by atoms with Gasteiger partial charge >= 0.3 is 5.97 Å². The highest BCUT2D eigenvalue weighted by Crippen LogP contribution is 2.15. The fourth-order valence-electron chi connectivity index (χ4n) is 2.37. The van der Waals surface area contributed by atoms with Crippen LogP contribution < -0.4 is 10.6 Å². The monoisotopic (exact) mass is 354 g/mol. The Kier molecular flexibility index (Phi) is 6.91. The molecule has 136 valence electrons. The number of carbonyl (C=O) groups is 3. The summed E-state index contributed by atoms with van der Waals surface area (Å²) >= 11 is 0. The van der Waals surface area contributed by atoms with Gasteiger partial charge < -0.3 is 15.4 Å². The van der Waals surface area contributed by atoms with Crippen molar-refractivity contribution in [3.63, 3.8) is 0 Å². The van der Waals surface area contributed by atoms with Crippen LogP contribution in [0.2, 0.25) is 0 Å². The first kappa shape index (κ1) is 19.2. The Balaban J connectivity index is 1.76. The molecule has 0 heterocycles. The van der Waals surface area contributed by atoms with Crippen LogP contribution in [-0.4, -0.2) is 30.9 Å². The number of rotatable bonds is 7. The lowest BCUT2D eigenvalue weighted by Crippen LogP contribution is -2.32. The maximum absolute atomic E-state index is 12.0. The maximum Gasteiger partial charge on any atom is 0.325 e. The Morgan fingerprint density at radius 1 is 1.04 bits per heavy atom. The first-order chi connectivity index (χ1) is 12.5. The van der Waals surface area contributed by atoms with Crippen LogP contribution in [-0.2, 0) is 20.7 Å². The van der Waals surface area contributed by atoms with Gasteiger partial charge in [-0.2, -0.15) is 0 Å². The number of esters is 1. The van der Waals surface area contributed by atoms with Gasteiger partial charge in [-0.1, -0.05) is 42.8 Å². The zero-order valence-corrected chi connectivity index (χ0v) is 14.9. The molecule has 0 aromatic heterocycles. The summed E-state index contributed by atoms with van der Waals surface area (Å²) in [4.78, 5) is 35.6. The van der Waals surface area contributed by atoms with E-state index in [1.54, 1.807) is 24.3 Å². The normalized spacial score (nSPS) is 10.1. The summed E-state index contributed by atoms with van der Waals surface area (Å²) < 4.78 is 4.89. The van der Waals surface area contributed by atoms with E-state index in [0.29, 0.717) is 11.3 Å². The molecular formula is C20H22N2O4. The lowest BCUT2D eigenvalue weighted by atomic mass is 10.1. The van der Waals surface area contributed by atoms with E-state index in [9.17, 15) is 14.4 Å². The van der Waals surface area contributed by atoms with Crippen LogP contribution in [0.15, 0.2) is 48.5 Å². The van der Waals surface area contributed by atoms with Crippen molar-refractivity contribution >= 4 is 23.5 Å². The molecule has 2 aromatic rings. The number of anilines is 1. The molecule has 0 aliphatic heterocycles. The summed E-state index contributed by atoms with van der Waals surface area (Å²) in [6, 6.07) is 14.4. The number of carbonyl (C=O) groups excluding carboxylic acids is 3. The molecule has 0 aliphatic rings. The molecule has 0 spiro atoms. The van der Waals surface area contributed by atoms with Gasteiger partial charge in [0.25, 0.3) is 11.8 Å². The van der Waals surface area contributed by atoms with E-state index in [2.05, 4.69) is 10.6 Å². The predicted molar refractivity (Wildman–Crippen MR) is 98.9 cm³/mol. The van der Waals surface area contributed by atoms with E-state index >= 15 is 0 Å². The van der Waals surface area contributed by atoms with Crippen molar-refractivity contribution in [1.29, 1.82) is 0 Å². The number of aryl methyl sites for hydroxylation is 2. The molecule has 26 heavy (non-hydrogen) atoms. The highest BCUT2D eigenvalue weighted by atomic mass is 16.5. The summed E-state index contributed by atoms with van der Waals surface area (Å²) in [6.07, 6.45) is 0.779. The quantitative estimate of drug-likeness (QED) is 0.748. The third kappa shape index (κ3) is 5.73. The van der Waals surface area contributed by atoms with Crippen LogP contribution >= 0.6 is 0 Å². The second-order valence-electron chi connectivity index (χ2n) is 5.77. The van der Waals surface area contributed by atoms with E-state index in [0.717, 1.165) is 17.5 Å². The van der Waals surface area contributed by atoms with Crippen LogP contribution in [0.5, 0.6) is 0 Å². The number of hydrogen-bond donors (Lipinski definition) is 2. The fourth-order valence-corrected chi connectivity index (χ4v) is 2.37. The molecule has 0 saturated carbocycles. The molecule has 0 aliphatic carbocycles. The summed E-state index contributed by atoms with van der Waals surface area (Å²) in [5.74, 6) is -1.47. The Bertz CT molecular complexity index is 802. The van der Waals surface area contributed by atoms with Crippen LogP contribution in [0.3, 0.4) is 0 Å². The lowest BCUT2D eigenvalue weighted by molar-refractivity contribution is -0.146. The van der Waals surface area contributed by atoms with Crippen LogP contribution in [0.1, 0.15) is 28.4 Å². The average molecular weight is 354 g/mol. The number of nitrogens with one attached hydrogen (secondary N) is 2. The molecule has 0 saturated heterocycles. The van der Waals surface area contributed by atoms with Gasteiger partial charge in [-0.25, -0.2) is 0 Å². The van der Waals surface area contributed by atoms with Crippen molar-refractivity contribution < 1.29 is 19.1 Å². The molecule has 6 nitrogen and oxygen atoms in total. The minimum Gasteiger partial charge on any atom is -0.454 e. The molecule has 2 amide bonds. The number of ether oxygens (including phenoxy) is 1. The Labute approximate surface area is 152 Å². The van der Waals surface area contributed by atoms with Crippen LogP contribution in [0, 0.1) is 6.92 Å². The topological polar surface area (TPSA) is 84.5 Å². The SMILES string of the molecule is CCc1ccccc1NC(=O)COC(=O)CNC(=O)c1cccc(C)c1. The van der Waals surface area contributed by atoms with Gasteiger partial charge in [0.15, 0.2) is 6.61 Å². The summed E-state index contributed by atoms with van der Waals surface area (Å²) in [7, 11) is 0. The van der Waals surface area contributed by atoms with Gasteiger partial charge in [-0.05, 0) is 37.1 Å². The Hall–Kier alpha value is -3.15. The molecule has 6 heteroatoms. The zero-order valence-electron chi connectivity index (χ0n) is 14.9. The second kappa shape index (κ2) is 9.36. The van der Waals surface area contributed by atoms with Crippen molar-refractivity contribution in [3.8, 4) is 0 Å². The molecule has 2 aromatic carbocycles. The molecule has 0 bridgehead atoms. The van der Waals surface area contributed by atoms with Gasteiger partial charge in [-0.15, -0.1) is 0 Å². The second-order valence-corrected chi connectivity index (χ2v) is 5.77. The Morgan fingerprint density at radius 2 is 1.81 bits per heavy atom. The van der Waals surface area contributed by atoms with E-state index in [1.165, 1.54) is 0 Å². The highest BCUT2D eigenvalue weighted by Gasteiger charge is 2.11. The minimum atomic E-state index is -0.676. The number of benzene rings is 2. The van der Waals surface area contributed by atoms with Crippen molar-refractivity contribution in [3.05, 3.63) is 65.2 Å². The lowest BCUT2D eigenvalue weighted by Gasteiger charge is -2.10. The van der Waals surface area contributed by atoms with E-state index in [4.69, 9.17) is 4.74 Å². The molecule has 2 rings (SSSR count). The average Bonchev–Trinajstić information content (AvgIpc) is 2.64. The molecule has 0 atom stereocenters. The smallest absolute Gasteiger partial charge is 0.325 e. The Morgan fingerprint density at radius 3 is 2.54 bits per heavy atom. The summed E-state index contributed by atoms with van der Waals surface area (Å²) in [5, 5.41) is 5.18. The first-order valence-corrected chi connectivity index (χ1v) is 8.38. The zero-order chi connectivity index (χ0) is 18.9. The summed E-state index contributed by atoms with van der Waals surface area (Å²) in [6.45, 7) is 3.16. The molecule has 0 unspecified atom stereocenters. The third-order valence-electron chi connectivity index (χ3n) is 3.71. The van der Waals surface area contributed by atoms with Crippen molar-refractivity contribution in [2.75, 3.05) is 18.5 Å². The summed E-state index contributed by atoms with van der Waals surface area (Å²) in [5.41, 5.74) is 3.11. The van der Waals surface area contributed by atoms with Crippen LogP contribution in [0.25, 0.3) is 0 Å². The molecule has 0 radical (unpaired) electrons. The number of amides is 2. The predicted octanol–water partition coefficient (Wildman–Crippen LogP) is 2.47. The highest BCUT2D eigenvalue weighted by molar-refractivity contribution is 5.96. The van der Waals surface area contributed by atoms with Gasteiger partial charge in [0.1, 0.15) is 6.54 Å². The molecule has 2 N–H and O–H groups in total. The molecular weight excluding hydrogens is 332 g/mol. The van der Waals surface area contributed by atoms with Gasteiger partial charge in [-0.3, -0.25) is 14.4 Å². The standard InChI is InChI=1S/C20H22N2O4/c1-3-15-8-4-5-10-17(15)22-18(23)13-26-19(24)12-21-20(25)16-9-6-7-14(2)11-16/h4-11H,3,12-13H2,1-2H3,(H,21,25)(H,22,23). The van der Waals surface area contributed by atoms with E-state index in [1.807, 2.05) is 38.1 Å². The largest absolute Gasteiger partial charge is 0.454 e. The van der Waals surface area contributed by atoms with E-state index < -0.39 is 18.5 Å². The van der Waals surface area contributed by atoms with Crippen molar-refractivity contribution in [1.82, 2.24) is 5.32 Å². The first-order valence-electron chi connectivity index (χ1n) is 8.38. The van der Waals surface area contributed by atoms with Crippen molar-refractivity contribution in [2.45, 2.75) is 20.3 Å². The minimum absolute atomic E-state index is 0.300.